The summed E-state index contributed by atoms with van der Waals surface area (Å²) in [5, 5.41) is 17.5. The zero-order valence-corrected chi connectivity index (χ0v) is 24.7. The number of amides is 1. The van der Waals surface area contributed by atoms with E-state index in [1.165, 1.54) is 26.4 Å². The number of carbonyl (C=O) groups is 1. The molecule has 12 heteroatoms. The van der Waals surface area contributed by atoms with Gasteiger partial charge in [-0.15, -0.1) is 0 Å². The molecule has 1 amide bonds. The molecule has 0 spiro atoms. The molecular formula is C30H33ClN4O7. The maximum atomic E-state index is 12.6. The molecule has 3 aromatic carbocycles. The van der Waals surface area contributed by atoms with Gasteiger partial charge in [0.1, 0.15) is 39.3 Å². The van der Waals surface area contributed by atoms with Crippen LogP contribution in [-0.2, 0) is 5.41 Å². The lowest BCUT2D eigenvalue weighted by molar-refractivity contribution is -0.383. The number of halogens is 1. The number of methoxy groups -OCH3 is 2. The second kappa shape index (κ2) is 14.2. The Morgan fingerprint density at radius 2 is 1.64 bits per heavy atom. The number of nitrogens with two attached hydrogens (primary N) is 1. The maximum absolute atomic E-state index is 12.6. The fourth-order valence-electron chi connectivity index (χ4n) is 3.90. The molecule has 11 nitrogen and oxygen atoms in total. The molecule has 3 N–H and O–H groups in total. The number of rotatable bonds is 10. The molecule has 0 fully saturated rings. The van der Waals surface area contributed by atoms with Crippen LogP contribution in [-0.4, -0.2) is 30.2 Å². The van der Waals surface area contributed by atoms with E-state index in [4.69, 9.17) is 36.1 Å². The summed E-state index contributed by atoms with van der Waals surface area (Å²) in [5.41, 5.74) is 6.31. The first-order valence-corrected chi connectivity index (χ1v) is 13.4. The van der Waals surface area contributed by atoms with E-state index in [9.17, 15) is 14.9 Å². The smallest absolute Gasteiger partial charge is 0.293 e. The summed E-state index contributed by atoms with van der Waals surface area (Å²) in [5.74, 6) is 1.65. The molecule has 0 atom stereocenters. The lowest BCUT2D eigenvalue weighted by Gasteiger charge is -2.22. The lowest BCUT2D eigenvalue weighted by atomic mass is 9.81. The second-order valence-corrected chi connectivity index (χ2v) is 9.70. The number of carbonyl (C=O) groups excluding carboxylic acids is 1. The van der Waals surface area contributed by atoms with Gasteiger partial charge in [0.05, 0.1) is 24.8 Å². The molecule has 1 aromatic heterocycles. The number of anilines is 2. The van der Waals surface area contributed by atoms with E-state index >= 15 is 0 Å². The monoisotopic (exact) mass is 596 g/mol. The van der Waals surface area contributed by atoms with E-state index in [1.807, 2.05) is 6.07 Å². The van der Waals surface area contributed by atoms with Crippen molar-refractivity contribution in [1.29, 1.82) is 0 Å². The molecule has 0 unspecified atom stereocenters. The van der Waals surface area contributed by atoms with Gasteiger partial charge in [-0.3, -0.25) is 20.2 Å². The van der Waals surface area contributed by atoms with Crippen LogP contribution in [0.25, 0.3) is 0 Å². The Kier molecular flexibility index (Phi) is 10.8. The summed E-state index contributed by atoms with van der Waals surface area (Å²) in [6.45, 7) is 6.34. The number of hydrogen-bond acceptors (Lipinski definition) is 9. The minimum Gasteiger partial charge on any atom is -0.496 e. The van der Waals surface area contributed by atoms with Crippen molar-refractivity contribution in [2.75, 3.05) is 25.3 Å². The Labute approximate surface area is 248 Å². The lowest BCUT2D eigenvalue weighted by Crippen LogP contribution is -2.19. The maximum Gasteiger partial charge on any atom is 0.293 e. The van der Waals surface area contributed by atoms with E-state index in [0.717, 1.165) is 18.5 Å². The summed E-state index contributed by atoms with van der Waals surface area (Å²) < 4.78 is 21.3. The number of nitro groups is 1. The van der Waals surface area contributed by atoms with Gasteiger partial charge in [-0.2, -0.15) is 0 Å². The van der Waals surface area contributed by atoms with E-state index in [-0.39, 0.29) is 33.5 Å². The molecule has 0 aliphatic rings. The van der Waals surface area contributed by atoms with Gasteiger partial charge in [0.25, 0.3) is 11.6 Å². The van der Waals surface area contributed by atoms with Crippen LogP contribution in [0.5, 0.6) is 23.0 Å². The second-order valence-electron chi connectivity index (χ2n) is 9.32. The van der Waals surface area contributed by atoms with E-state index in [2.05, 4.69) is 31.2 Å². The third-order valence-corrected chi connectivity index (χ3v) is 7.26. The van der Waals surface area contributed by atoms with Crippen molar-refractivity contribution < 1.29 is 28.5 Å². The average molecular weight is 597 g/mol. The summed E-state index contributed by atoms with van der Waals surface area (Å²) in [7, 11) is 3.01. The standard InChI is InChI=1S/C18H24N2O4.C12H9ClN2O3/c1-6-18(3,7-2)14-11-15(24-20-14)19-17(21)16-12(22-4)9-8-10-13(16)23-5;13-11-10(18-8-4-2-1-3-5-8)7-6-9(12(11)14)15(16)17/h8-11H,6-7H2,1-5H3,(H,19,21);1-7H,14H2. The van der Waals surface area contributed by atoms with Gasteiger partial charge < -0.3 is 24.5 Å². The first-order chi connectivity index (χ1) is 20.1. The molecule has 0 radical (unpaired) electrons. The predicted octanol–water partition coefficient (Wildman–Crippen LogP) is 7.64. The van der Waals surface area contributed by atoms with Crippen LogP contribution < -0.4 is 25.3 Å². The quantitative estimate of drug-likeness (QED) is 0.107. The van der Waals surface area contributed by atoms with Crippen molar-refractivity contribution in [1.82, 2.24) is 5.16 Å². The van der Waals surface area contributed by atoms with Gasteiger partial charge in [0, 0.05) is 17.5 Å². The van der Waals surface area contributed by atoms with E-state index in [1.54, 1.807) is 48.5 Å². The van der Waals surface area contributed by atoms with Gasteiger partial charge >= 0.3 is 0 Å². The van der Waals surface area contributed by atoms with Crippen molar-refractivity contribution >= 4 is 34.8 Å². The van der Waals surface area contributed by atoms with Crippen molar-refractivity contribution in [2.45, 2.75) is 39.0 Å². The Hall–Kier alpha value is -4.77. The number of ether oxygens (including phenoxy) is 3. The van der Waals surface area contributed by atoms with Crippen molar-refractivity contribution in [3.8, 4) is 23.0 Å². The average Bonchev–Trinajstić information content (AvgIpc) is 3.48. The van der Waals surface area contributed by atoms with Gasteiger partial charge in [-0.05, 0) is 43.2 Å². The highest BCUT2D eigenvalue weighted by molar-refractivity contribution is 6.35. The summed E-state index contributed by atoms with van der Waals surface area (Å²) in [6, 6.07) is 18.6. The van der Waals surface area contributed by atoms with Gasteiger partial charge in [-0.1, -0.05) is 61.8 Å². The predicted molar refractivity (Wildman–Crippen MR) is 161 cm³/mol. The van der Waals surface area contributed by atoms with Crippen molar-refractivity contribution in [2.24, 2.45) is 0 Å². The van der Waals surface area contributed by atoms with E-state index in [0.29, 0.717) is 28.7 Å². The first kappa shape index (κ1) is 31.8. The fourth-order valence-corrected chi connectivity index (χ4v) is 4.09. The summed E-state index contributed by atoms with van der Waals surface area (Å²) >= 11 is 5.94. The molecule has 222 valence electrons. The highest BCUT2D eigenvalue weighted by Gasteiger charge is 2.27. The number of nitro benzene ring substituents is 1. The SMILES string of the molecule is CCC(C)(CC)c1cc(NC(=O)c2c(OC)cccc2OC)on1.Nc1c([N+](=O)[O-])ccc(Oc2ccccc2)c1Cl. The Bertz CT molecular complexity index is 1500. The minimum absolute atomic E-state index is 0.0352. The van der Waals surface area contributed by atoms with Crippen LogP contribution in [0.1, 0.15) is 49.7 Å². The van der Waals surface area contributed by atoms with Crippen molar-refractivity contribution in [3.05, 3.63) is 93.1 Å². The number of aromatic nitrogens is 1. The topological polar surface area (TPSA) is 152 Å². The highest BCUT2D eigenvalue weighted by atomic mass is 35.5. The molecule has 4 aromatic rings. The molecule has 0 aliphatic heterocycles. The van der Waals surface area contributed by atoms with Crippen LogP contribution >= 0.6 is 11.6 Å². The van der Waals surface area contributed by atoms with Gasteiger partial charge in [-0.25, -0.2) is 0 Å². The molecular weight excluding hydrogens is 564 g/mol. The number of nitrogens with zero attached hydrogens (tertiary/aromatic N) is 2. The third-order valence-electron chi connectivity index (χ3n) is 6.87. The van der Waals surface area contributed by atoms with Crippen LogP contribution in [0.15, 0.2) is 71.3 Å². The number of benzene rings is 3. The van der Waals surface area contributed by atoms with Crippen molar-refractivity contribution in [3.63, 3.8) is 0 Å². The molecule has 1 heterocycles. The first-order valence-electron chi connectivity index (χ1n) is 13.0. The number of nitrogen functional groups attached to an aromatic ring is 1. The Balaban J connectivity index is 0.000000240. The fraction of sp³-hybridized carbons (Fsp3) is 0.267. The molecule has 0 saturated carbocycles. The van der Waals surface area contributed by atoms with Gasteiger partial charge in [0.15, 0.2) is 0 Å². The zero-order chi connectivity index (χ0) is 30.9. The minimum atomic E-state index is -0.590. The summed E-state index contributed by atoms with van der Waals surface area (Å²) in [6.07, 6.45) is 1.87. The van der Waals surface area contributed by atoms with Gasteiger partial charge in [0.2, 0.25) is 5.88 Å². The molecule has 0 bridgehead atoms. The Morgan fingerprint density at radius 3 is 2.19 bits per heavy atom. The molecule has 0 saturated heterocycles. The van der Waals surface area contributed by atoms with Crippen LogP contribution in [0.3, 0.4) is 0 Å². The Morgan fingerprint density at radius 1 is 1.02 bits per heavy atom. The normalized spacial score (nSPS) is 10.7. The number of para-hydroxylation sites is 1. The largest absolute Gasteiger partial charge is 0.496 e. The third kappa shape index (κ3) is 7.29. The molecule has 4 rings (SSSR count). The molecule has 42 heavy (non-hydrogen) atoms. The van der Waals surface area contributed by atoms with E-state index < -0.39 is 4.92 Å². The highest BCUT2D eigenvalue weighted by Crippen LogP contribution is 2.39. The summed E-state index contributed by atoms with van der Waals surface area (Å²) in [4.78, 5) is 22.7. The van der Waals surface area contributed by atoms with Crippen LogP contribution in [0.2, 0.25) is 5.02 Å². The van der Waals surface area contributed by atoms with Crippen LogP contribution in [0, 0.1) is 10.1 Å². The molecule has 0 aliphatic carbocycles. The van der Waals surface area contributed by atoms with Crippen LogP contribution in [0.4, 0.5) is 17.3 Å². The number of nitrogens with one attached hydrogen (secondary N) is 1. The zero-order valence-electron chi connectivity index (χ0n) is 24.0. The number of hydrogen-bond donors (Lipinski definition) is 2.